The van der Waals surface area contributed by atoms with Crippen LogP contribution in [0.2, 0.25) is 4.34 Å². The smallest absolute Gasteiger partial charge is 0.265 e. The minimum Gasteiger partial charge on any atom is -0.370 e. The monoisotopic (exact) mass is 481 g/mol. The van der Waals surface area contributed by atoms with Crippen LogP contribution in [0.15, 0.2) is 54.6 Å². The van der Waals surface area contributed by atoms with Crippen molar-refractivity contribution >= 4 is 52.0 Å². The van der Waals surface area contributed by atoms with Gasteiger partial charge in [-0.1, -0.05) is 35.9 Å². The number of carbonyl (C=O) groups is 3. The lowest BCUT2D eigenvalue weighted by Gasteiger charge is -2.27. The molecule has 0 bridgehead atoms. The number of rotatable bonds is 5. The Morgan fingerprint density at radius 3 is 2.76 bits per heavy atom. The topological polar surface area (TPSA) is 79.0 Å². The normalized spacial score (nSPS) is 15.7. The van der Waals surface area contributed by atoms with Crippen LogP contribution in [0.5, 0.6) is 0 Å². The van der Waals surface area contributed by atoms with Crippen molar-refractivity contribution < 1.29 is 19.1 Å². The highest BCUT2D eigenvalue weighted by Crippen LogP contribution is 2.32. The highest BCUT2D eigenvalue weighted by atomic mass is 35.5. The van der Waals surface area contributed by atoms with E-state index in [1.54, 1.807) is 28.0 Å². The van der Waals surface area contributed by atoms with Crippen LogP contribution < -0.4 is 10.2 Å². The molecule has 3 aromatic rings. The molecule has 1 N–H and O–H groups in total. The highest BCUT2D eigenvalue weighted by molar-refractivity contribution is 7.18. The van der Waals surface area contributed by atoms with Crippen molar-refractivity contribution in [3.05, 3.63) is 80.5 Å². The molecule has 3 heterocycles. The molecule has 1 aromatic heterocycles. The Morgan fingerprint density at radius 1 is 1.12 bits per heavy atom. The average Bonchev–Trinajstić information content (AvgIpc) is 3.38. The number of nitrogens with zero attached hydrogens (tertiary/aromatic N) is 2. The number of halogens is 1. The molecule has 1 fully saturated rings. The van der Waals surface area contributed by atoms with Crippen molar-refractivity contribution in [2.45, 2.75) is 13.1 Å². The summed E-state index contributed by atoms with van der Waals surface area (Å²) in [5.74, 6) is -0.511. The number of hydrogen-bond acceptors (Lipinski definition) is 5. The molecule has 1 saturated heterocycles. The summed E-state index contributed by atoms with van der Waals surface area (Å²) >= 11 is 7.13. The second-order valence-corrected chi connectivity index (χ2v) is 9.54. The van der Waals surface area contributed by atoms with Gasteiger partial charge in [0, 0.05) is 25.3 Å². The van der Waals surface area contributed by atoms with Gasteiger partial charge in [0.05, 0.1) is 27.1 Å². The Hall–Kier alpha value is -3.20. The zero-order valence-corrected chi connectivity index (χ0v) is 19.1. The molecule has 168 valence electrons. The van der Waals surface area contributed by atoms with Crippen LogP contribution >= 0.6 is 22.9 Å². The predicted molar refractivity (Wildman–Crippen MR) is 127 cm³/mol. The lowest BCUT2D eigenvalue weighted by molar-refractivity contribution is -0.125. The summed E-state index contributed by atoms with van der Waals surface area (Å²) in [5.41, 5.74) is 3.58. The van der Waals surface area contributed by atoms with Gasteiger partial charge in [0.1, 0.15) is 6.61 Å². The van der Waals surface area contributed by atoms with Gasteiger partial charge in [-0.15, -0.1) is 11.3 Å². The SMILES string of the molecule is O=C(Nc1cccc2c1C(=O)N(Cc1cccc(N3CCOCC3=O)c1)C2)c1ccc(Cl)s1. The standard InChI is InChI=1S/C24H20ClN3O4S/c25-20-8-7-19(33-20)23(30)26-18-6-2-4-16-13-27(24(31)22(16)18)12-15-3-1-5-17(11-15)28-9-10-32-14-21(28)29/h1-8,11H,9-10,12-14H2,(H,26,30). The quantitative estimate of drug-likeness (QED) is 0.593. The molecule has 3 amide bonds. The van der Waals surface area contributed by atoms with Gasteiger partial charge in [0.2, 0.25) is 0 Å². The molecule has 9 heteroatoms. The first-order chi connectivity index (χ1) is 16.0. The van der Waals surface area contributed by atoms with Crippen molar-refractivity contribution in [2.24, 2.45) is 0 Å². The average molecular weight is 482 g/mol. The third kappa shape index (κ3) is 4.37. The Morgan fingerprint density at radius 2 is 1.97 bits per heavy atom. The molecule has 33 heavy (non-hydrogen) atoms. The van der Waals surface area contributed by atoms with E-state index in [1.807, 2.05) is 36.4 Å². The molecule has 0 aliphatic carbocycles. The number of nitrogens with one attached hydrogen (secondary N) is 1. The molecular weight excluding hydrogens is 462 g/mol. The minimum absolute atomic E-state index is 0.0736. The molecule has 0 spiro atoms. The van der Waals surface area contributed by atoms with Crippen molar-refractivity contribution in [1.29, 1.82) is 0 Å². The number of amides is 3. The number of carbonyl (C=O) groups excluding carboxylic acids is 3. The number of anilines is 2. The maximum Gasteiger partial charge on any atom is 0.265 e. The van der Waals surface area contributed by atoms with Gasteiger partial charge >= 0.3 is 0 Å². The van der Waals surface area contributed by atoms with Gasteiger partial charge in [-0.25, -0.2) is 0 Å². The number of hydrogen-bond donors (Lipinski definition) is 1. The number of thiophene rings is 1. The van der Waals surface area contributed by atoms with Crippen LogP contribution in [0.1, 0.15) is 31.2 Å². The largest absolute Gasteiger partial charge is 0.370 e. The minimum atomic E-state index is -0.297. The van der Waals surface area contributed by atoms with E-state index in [2.05, 4.69) is 5.32 Å². The third-order valence-corrected chi connectivity index (χ3v) is 6.87. The van der Waals surface area contributed by atoms with Crippen molar-refractivity contribution in [1.82, 2.24) is 4.90 Å². The van der Waals surface area contributed by atoms with Crippen LogP contribution in [0.25, 0.3) is 0 Å². The summed E-state index contributed by atoms with van der Waals surface area (Å²) in [4.78, 5) is 42.0. The zero-order chi connectivity index (χ0) is 22.9. The summed E-state index contributed by atoms with van der Waals surface area (Å²) < 4.78 is 5.74. The molecule has 0 radical (unpaired) electrons. The Kier molecular flexibility index (Phi) is 5.88. The molecule has 7 nitrogen and oxygen atoms in total. The van der Waals surface area contributed by atoms with Gasteiger partial charge in [0.15, 0.2) is 0 Å². The Bertz CT molecular complexity index is 1260. The van der Waals surface area contributed by atoms with Crippen LogP contribution in [0.3, 0.4) is 0 Å². The fraction of sp³-hybridized carbons (Fsp3) is 0.208. The zero-order valence-electron chi connectivity index (χ0n) is 17.5. The van der Waals surface area contributed by atoms with Gasteiger partial charge in [-0.2, -0.15) is 0 Å². The molecule has 5 rings (SSSR count). The summed E-state index contributed by atoms with van der Waals surface area (Å²) in [5, 5.41) is 2.85. The Labute approximate surface area is 199 Å². The summed E-state index contributed by atoms with van der Waals surface area (Å²) in [6.07, 6.45) is 0. The fourth-order valence-electron chi connectivity index (χ4n) is 4.11. The summed E-state index contributed by atoms with van der Waals surface area (Å²) in [6, 6.07) is 16.4. The van der Waals surface area contributed by atoms with Crippen LogP contribution in [-0.2, 0) is 22.6 Å². The fourth-order valence-corrected chi connectivity index (χ4v) is 5.04. The van der Waals surface area contributed by atoms with Crippen LogP contribution in [0.4, 0.5) is 11.4 Å². The maximum absolute atomic E-state index is 13.3. The van der Waals surface area contributed by atoms with Gasteiger partial charge in [-0.3, -0.25) is 14.4 Å². The van der Waals surface area contributed by atoms with E-state index in [9.17, 15) is 14.4 Å². The van der Waals surface area contributed by atoms with E-state index in [1.165, 1.54) is 11.3 Å². The van der Waals surface area contributed by atoms with Crippen molar-refractivity contribution in [3.63, 3.8) is 0 Å². The first-order valence-electron chi connectivity index (χ1n) is 10.4. The maximum atomic E-state index is 13.3. The van der Waals surface area contributed by atoms with E-state index in [0.29, 0.717) is 46.7 Å². The molecule has 0 saturated carbocycles. The van der Waals surface area contributed by atoms with Crippen molar-refractivity contribution in [3.8, 4) is 0 Å². The number of ether oxygens (including phenoxy) is 1. The van der Waals surface area contributed by atoms with E-state index >= 15 is 0 Å². The van der Waals surface area contributed by atoms with Gasteiger partial charge < -0.3 is 19.9 Å². The molecular formula is C24H20ClN3O4S. The van der Waals surface area contributed by atoms with E-state index in [4.69, 9.17) is 16.3 Å². The lowest BCUT2D eigenvalue weighted by Crippen LogP contribution is -2.41. The Balaban J connectivity index is 1.34. The lowest BCUT2D eigenvalue weighted by atomic mass is 10.1. The van der Waals surface area contributed by atoms with Crippen LogP contribution in [0, 0.1) is 0 Å². The summed E-state index contributed by atoms with van der Waals surface area (Å²) in [7, 11) is 0. The second kappa shape index (κ2) is 8.97. The highest BCUT2D eigenvalue weighted by Gasteiger charge is 2.31. The second-order valence-electron chi connectivity index (χ2n) is 7.83. The van der Waals surface area contributed by atoms with E-state index < -0.39 is 0 Å². The van der Waals surface area contributed by atoms with Gasteiger partial charge in [-0.05, 0) is 41.5 Å². The van der Waals surface area contributed by atoms with Gasteiger partial charge in [0.25, 0.3) is 17.7 Å². The predicted octanol–water partition coefficient (Wildman–Crippen LogP) is 4.17. The first kappa shape index (κ1) is 21.6. The molecule has 0 unspecified atom stereocenters. The molecule has 2 aliphatic heterocycles. The number of fused-ring (bicyclic) bond motifs is 1. The molecule has 0 atom stereocenters. The first-order valence-corrected chi connectivity index (χ1v) is 11.6. The number of morpholine rings is 1. The third-order valence-electron chi connectivity index (χ3n) is 5.64. The van der Waals surface area contributed by atoms with Crippen molar-refractivity contribution in [2.75, 3.05) is 30.0 Å². The number of benzene rings is 2. The summed E-state index contributed by atoms with van der Waals surface area (Å²) in [6.45, 7) is 1.94. The molecule has 2 aromatic carbocycles. The molecule has 2 aliphatic rings. The van der Waals surface area contributed by atoms with E-state index in [-0.39, 0.29) is 24.3 Å². The van der Waals surface area contributed by atoms with E-state index in [0.717, 1.165) is 16.8 Å². The van der Waals surface area contributed by atoms with Crippen LogP contribution in [-0.4, -0.2) is 42.4 Å².